The van der Waals surface area contributed by atoms with Gasteiger partial charge in [-0.15, -0.1) is 0 Å². The largest absolute Gasteiger partial charge is 0.462 e. The smallest absolute Gasteiger partial charge is 0.338 e. The molecule has 5 nitrogen and oxygen atoms in total. The van der Waals surface area contributed by atoms with Gasteiger partial charge < -0.3 is 10.1 Å². The first-order chi connectivity index (χ1) is 13.7. The van der Waals surface area contributed by atoms with Crippen molar-refractivity contribution in [3.05, 3.63) is 65.7 Å². The summed E-state index contributed by atoms with van der Waals surface area (Å²) >= 11 is 1.92. The monoisotopic (exact) mass is 398 g/mol. The van der Waals surface area contributed by atoms with Crippen LogP contribution in [0.15, 0.2) is 54.6 Å². The van der Waals surface area contributed by atoms with Gasteiger partial charge in [-0.1, -0.05) is 37.3 Å². The van der Waals surface area contributed by atoms with Crippen LogP contribution in [0.4, 0.5) is 5.69 Å². The van der Waals surface area contributed by atoms with E-state index in [1.54, 1.807) is 24.3 Å². The Labute approximate surface area is 170 Å². The molecule has 2 aromatic rings. The number of hydrogen-bond acceptors (Lipinski definition) is 5. The lowest BCUT2D eigenvalue weighted by Crippen LogP contribution is -2.41. The van der Waals surface area contributed by atoms with Crippen LogP contribution in [0.5, 0.6) is 0 Å². The summed E-state index contributed by atoms with van der Waals surface area (Å²) in [4.78, 5) is 27.3. The van der Waals surface area contributed by atoms with Gasteiger partial charge in [-0.2, -0.15) is 11.8 Å². The Kier molecular flexibility index (Phi) is 7.51. The summed E-state index contributed by atoms with van der Waals surface area (Å²) in [6.07, 6.45) is 0.787. The summed E-state index contributed by atoms with van der Waals surface area (Å²) in [6.45, 7) is 4.14. The summed E-state index contributed by atoms with van der Waals surface area (Å²) in [5, 5.41) is 3.01. The summed E-state index contributed by atoms with van der Waals surface area (Å²) in [5.74, 6) is 1.67. The fraction of sp³-hybridized carbons (Fsp3) is 0.364. The van der Waals surface area contributed by atoms with Crippen molar-refractivity contribution >= 4 is 29.3 Å². The Hall–Kier alpha value is -2.31. The third-order valence-corrected chi connectivity index (χ3v) is 5.54. The van der Waals surface area contributed by atoms with Crippen LogP contribution in [0.3, 0.4) is 0 Å². The number of nitrogens with zero attached hydrogens (tertiary/aromatic N) is 1. The highest BCUT2D eigenvalue weighted by atomic mass is 32.2. The quantitative estimate of drug-likeness (QED) is 0.715. The second kappa shape index (κ2) is 10.3. The summed E-state index contributed by atoms with van der Waals surface area (Å²) < 4.78 is 5.14. The summed E-state index contributed by atoms with van der Waals surface area (Å²) in [6, 6.07) is 16.4. The van der Waals surface area contributed by atoms with Gasteiger partial charge in [0.05, 0.1) is 12.2 Å². The first kappa shape index (κ1) is 20.4. The zero-order chi connectivity index (χ0) is 19.8. The number of carbonyl (C=O) groups excluding carboxylic acids is 2. The van der Waals surface area contributed by atoms with Crippen LogP contribution in [0.1, 0.15) is 35.3 Å². The molecule has 0 bridgehead atoms. The number of nitrogens with one attached hydrogen (secondary N) is 1. The van der Waals surface area contributed by atoms with Crippen molar-refractivity contribution in [2.24, 2.45) is 0 Å². The third-order valence-electron chi connectivity index (χ3n) is 4.60. The minimum absolute atomic E-state index is 0.0561. The molecule has 0 aliphatic carbocycles. The maximum absolute atomic E-state index is 13.1. The molecule has 2 aromatic carbocycles. The molecule has 0 saturated carbocycles. The van der Waals surface area contributed by atoms with Crippen LogP contribution in [0.2, 0.25) is 0 Å². The molecule has 0 spiro atoms. The van der Waals surface area contributed by atoms with E-state index in [1.807, 2.05) is 49.0 Å². The van der Waals surface area contributed by atoms with Crippen molar-refractivity contribution in [2.45, 2.75) is 19.4 Å². The van der Waals surface area contributed by atoms with Crippen LogP contribution in [0, 0.1) is 0 Å². The Bertz CT molecular complexity index is 774. The molecule has 28 heavy (non-hydrogen) atoms. The maximum atomic E-state index is 13.1. The number of benzene rings is 2. The van der Waals surface area contributed by atoms with Crippen LogP contribution < -0.4 is 5.32 Å². The predicted molar refractivity (Wildman–Crippen MR) is 114 cm³/mol. The van der Waals surface area contributed by atoms with E-state index in [9.17, 15) is 9.59 Å². The minimum atomic E-state index is -0.340. The molecule has 1 aliphatic heterocycles. The molecular formula is C22H26N2O3S. The van der Waals surface area contributed by atoms with Crippen molar-refractivity contribution in [3.8, 4) is 0 Å². The average molecular weight is 399 g/mol. The number of anilines is 1. The van der Waals surface area contributed by atoms with E-state index < -0.39 is 0 Å². The molecule has 148 valence electrons. The van der Waals surface area contributed by atoms with Crippen LogP contribution in [0.25, 0.3) is 0 Å². The van der Waals surface area contributed by atoms with E-state index in [0.717, 1.165) is 36.6 Å². The normalized spacial score (nSPS) is 15.6. The molecule has 0 aromatic heterocycles. The van der Waals surface area contributed by atoms with Crippen LogP contribution in [-0.4, -0.2) is 48.0 Å². The Morgan fingerprint density at radius 1 is 1.07 bits per heavy atom. The standard InChI is InChI=1S/C22H26N2O3S/c1-2-14-27-22(26)18-8-10-19(11-9-18)23-21(25)20(17-6-4-3-5-7-17)24-12-15-28-16-13-24/h3-11,20H,2,12-16H2,1H3,(H,23,25)/t20-/m0/s1. The third kappa shape index (κ3) is 5.36. The second-order valence-corrected chi connectivity index (χ2v) is 7.89. The van der Waals surface area contributed by atoms with Gasteiger partial charge >= 0.3 is 5.97 Å². The fourth-order valence-electron chi connectivity index (χ4n) is 3.18. The number of rotatable bonds is 7. The van der Waals surface area contributed by atoms with Gasteiger partial charge in [0.2, 0.25) is 5.91 Å². The van der Waals surface area contributed by atoms with E-state index in [0.29, 0.717) is 17.9 Å². The van der Waals surface area contributed by atoms with Crippen molar-refractivity contribution < 1.29 is 14.3 Å². The van der Waals surface area contributed by atoms with Gasteiger partial charge in [0.25, 0.3) is 0 Å². The van der Waals surface area contributed by atoms with Gasteiger partial charge in [0, 0.05) is 30.3 Å². The first-order valence-corrected chi connectivity index (χ1v) is 10.8. The molecular weight excluding hydrogens is 372 g/mol. The number of hydrogen-bond donors (Lipinski definition) is 1. The highest BCUT2D eigenvalue weighted by Gasteiger charge is 2.28. The number of carbonyl (C=O) groups is 2. The van der Waals surface area contributed by atoms with Crippen molar-refractivity contribution in [2.75, 3.05) is 36.5 Å². The number of ether oxygens (including phenoxy) is 1. The fourth-order valence-corrected chi connectivity index (χ4v) is 4.11. The van der Waals surface area contributed by atoms with Gasteiger partial charge in [0.15, 0.2) is 0 Å². The lowest BCUT2D eigenvalue weighted by molar-refractivity contribution is -0.121. The van der Waals surface area contributed by atoms with E-state index in [4.69, 9.17) is 4.74 Å². The molecule has 3 rings (SSSR count). The van der Waals surface area contributed by atoms with Crippen molar-refractivity contribution in [3.63, 3.8) is 0 Å². The topological polar surface area (TPSA) is 58.6 Å². The van der Waals surface area contributed by atoms with Crippen LogP contribution in [-0.2, 0) is 9.53 Å². The predicted octanol–water partition coefficient (Wildman–Crippen LogP) is 3.98. The molecule has 6 heteroatoms. The Morgan fingerprint density at radius 3 is 2.39 bits per heavy atom. The lowest BCUT2D eigenvalue weighted by Gasteiger charge is -2.33. The van der Waals surface area contributed by atoms with E-state index in [-0.39, 0.29) is 17.9 Å². The van der Waals surface area contributed by atoms with E-state index in [2.05, 4.69) is 10.2 Å². The van der Waals surface area contributed by atoms with Gasteiger partial charge in [-0.25, -0.2) is 4.79 Å². The van der Waals surface area contributed by atoms with Gasteiger partial charge in [-0.3, -0.25) is 9.69 Å². The number of esters is 1. The summed E-state index contributed by atoms with van der Waals surface area (Å²) in [5.41, 5.74) is 2.15. The highest BCUT2D eigenvalue weighted by molar-refractivity contribution is 7.99. The molecule has 0 radical (unpaired) electrons. The number of thioether (sulfide) groups is 1. The molecule has 1 atom stereocenters. The molecule has 1 saturated heterocycles. The molecule has 1 amide bonds. The minimum Gasteiger partial charge on any atom is -0.462 e. The lowest BCUT2D eigenvalue weighted by atomic mass is 10.0. The molecule has 1 N–H and O–H groups in total. The average Bonchev–Trinajstić information content (AvgIpc) is 2.74. The van der Waals surface area contributed by atoms with Gasteiger partial charge in [-0.05, 0) is 36.2 Å². The van der Waals surface area contributed by atoms with Crippen LogP contribution >= 0.6 is 11.8 Å². The van der Waals surface area contributed by atoms with Crippen molar-refractivity contribution in [1.29, 1.82) is 0 Å². The summed E-state index contributed by atoms with van der Waals surface area (Å²) in [7, 11) is 0. The molecule has 1 fully saturated rings. The Balaban J connectivity index is 1.72. The van der Waals surface area contributed by atoms with Gasteiger partial charge in [0.1, 0.15) is 6.04 Å². The SMILES string of the molecule is CCCOC(=O)c1ccc(NC(=O)[C@H](c2ccccc2)N2CCSCC2)cc1. The second-order valence-electron chi connectivity index (χ2n) is 6.66. The zero-order valence-corrected chi connectivity index (χ0v) is 16.9. The van der Waals surface area contributed by atoms with E-state index >= 15 is 0 Å². The first-order valence-electron chi connectivity index (χ1n) is 9.64. The van der Waals surface area contributed by atoms with Crippen molar-refractivity contribution in [1.82, 2.24) is 4.90 Å². The molecule has 0 unspecified atom stereocenters. The maximum Gasteiger partial charge on any atom is 0.338 e. The molecule has 1 heterocycles. The van der Waals surface area contributed by atoms with E-state index in [1.165, 1.54) is 0 Å². The highest BCUT2D eigenvalue weighted by Crippen LogP contribution is 2.26. The number of amides is 1. The molecule has 1 aliphatic rings. The Morgan fingerprint density at radius 2 is 1.75 bits per heavy atom. The zero-order valence-electron chi connectivity index (χ0n) is 16.1.